The molecule has 0 unspecified atom stereocenters. The highest BCUT2D eigenvalue weighted by Crippen LogP contribution is 2.34. The monoisotopic (exact) mass is 419 g/mol. The summed E-state index contributed by atoms with van der Waals surface area (Å²) in [4.78, 5) is 37.7. The summed E-state index contributed by atoms with van der Waals surface area (Å²) < 4.78 is 15.9. The highest BCUT2D eigenvalue weighted by molar-refractivity contribution is 7.18. The zero-order chi connectivity index (χ0) is 21.4. The van der Waals surface area contributed by atoms with Crippen LogP contribution in [0.2, 0.25) is 0 Å². The Labute approximate surface area is 174 Å². The Bertz CT molecular complexity index is 862. The van der Waals surface area contributed by atoms with Crippen LogP contribution in [0, 0.1) is 6.92 Å². The summed E-state index contributed by atoms with van der Waals surface area (Å²) in [5.41, 5.74) is 0.571. The van der Waals surface area contributed by atoms with E-state index in [1.165, 1.54) is 0 Å². The number of para-hydroxylation sites is 1. The summed E-state index contributed by atoms with van der Waals surface area (Å²) in [6, 6.07) is 8.99. The van der Waals surface area contributed by atoms with Crippen molar-refractivity contribution >= 4 is 34.2 Å². The van der Waals surface area contributed by atoms with Gasteiger partial charge >= 0.3 is 11.9 Å². The van der Waals surface area contributed by atoms with Crippen molar-refractivity contribution in [1.82, 2.24) is 0 Å². The van der Waals surface area contributed by atoms with E-state index in [0.29, 0.717) is 17.7 Å². The van der Waals surface area contributed by atoms with E-state index in [4.69, 9.17) is 14.2 Å². The summed E-state index contributed by atoms with van der Waals surface area (Å²) in [5.74, 6) is -1.01. The van der Waals surface area contributed by atoms with Crippen LogP contribution in [0.3, 0.4) is 0 Å². The largest absolute Gasteiger partial charge is 0.481 e. The molecule has 1 aromatic carbocycles. The molecule has 2 aromatic rings. The van der Waals surface area contributed by atoms with Gasteiger partial charge < -0.3 is 19.5 Å². The molecule has 0 saturated carbocycles. The molecular weight excluding hydrogens is 394 g/mol. The summed E-state index contributed by atoms with van der Waals surface area (Å²) in [6.07, 6.45) is -0.342. The van der Waals surface area contributed by atoms with Gasteiger partial charge in [0.15, 0.2) is 6.10 Å². The summed E-state index contributed by atoms with van der Waals surface area (Å²) in [7, 11) is 0. The molecule has 0 fully saturated rings. The second kappa shape index (κ2) is 10.6. The first-order valence-corrected chi connectivity index (χ1v) is 10.2. The predicted octanol–water partition coefficient (Wildman–Crippen LogP) is 4.21. The number of anilines is 1. The molecule has 0 bridgehead atoms. The second-order valence-corrected chi connectivity index (χ2v) is 7.04. The minimum absolute atomic E-state index is 0.155. The van der Waals surface area contributed by atoms with Gasteiger partial charge in [0.25, 0.3) is 5.91 Å². The smallest absolute Gasteiger partial charge is 0.348 e. The lowest BCUT2D eigenvalue weighted by Gasteiger charge is -2.17. The number of hydrogen-bond donors (Lipinski definition) is 1. The minimum Gasteiger partial charge on any atom is -0.481 e. The van der Waals surface area contributed by atoms with E-state index in [1.54, 1.807) is 32.9 Å². The molecule has 0 saturated heterocycles. The average molecular weight is 419 g/mol. The molecular formula is C21H25NO6S. The standard InChI is InChI=1S/C21H25NO6S/c1-5-15(28-14-11-9-8-10-12-14)18(23)22-19-16(20(24)26-6-2)13(4)17(29-19)21(25)27-7-3/h8-12,15H,5-7H2,1-4H3,(H,22,23)/t15-/m0/s1. The number of esters is 2. The van der Waals surface area contributed by atoms with Crippen LogP contribution in [0.1, 0.15) is 52.8 Å². The third kappa shape index (κ3) is 5.57. The third-order valence-corrected chi connectivity index (χ3v) is 5.20. The van der Waals surface area contributed by atoms with Crippen LogP contribution in [0.4, 0.5) is 5.00 Å². The molecule has 0 spiro atoms. The number of nitrogens with one attached hydrogen (secondary N) is 1. The number of benzene rings is 1. The molecule has 1 aromatic heterocycles. The number of thiophene rings is 1. The maximum absolute atomic E-state index is 12.8. The van der Waals surface area contributed by atoms with Crippen molar-refractivity contribution in [3.8, 4) is 5.75 Å². The van der Waals surface area contributed by atoms with E-state index in [0.717, 1.165) is 11.3 Å². The Morgan fingerprint density at radius 2 is 1.62 bits per heavy atom. The first kappa shape index (κ1) is 22.4. The molecule has 1 atom stereocenters. The Hall–Kier alpha value is -2.87. The zero-order valence-corrected chi connectivity index (χ0v) is 17.8. The molecule has 0 radical (unpaired) electrons. The average Bonchev–Trinajstić information content (AvgIpc) is 3.03. The fraction of sp³-hybridized carbons (Fsp3) is 0.381. The molecule has 8 heteroatoms. The van der Waals surface area contributed by atoms with Crippen molar-refractivity contribution in [2.75, 3.05) is 18.5 Å². The van der Waals surface area contributed by atoms with Gasteiger partial charge in [0.2, 0.25) is 0 Å². The Kier molecular flexibility index (Phi) is 8.21. The van der Waals surface area contributed by atoms with Gasteiger partial charge in [0.1, 0.15) is 15.6 Å². The van der Waals surface area contributed by atoms with Crippen LogP contribution >= 0.6 is 11.3 Å². The zero-order valence-electron chi connectivity index (χ0n) is 16.9. The van der Waals surface area contributed by atoms with Crippen LogP contribution in [0.15, 0.2) is 30.3 Å². The van der Waals surface area contributed by atoms with Crippen molar-refractivity contribution in [2.24, 2.45) is 0 Å². The molecule has 0 aliphatic carbocycles. The number of ether oxygens (including phenoxy) is 3. The maximum atomic E-state index is 12.8. The topological polar surface area (TPSA) is 90.9 Å². The van der Waals surface area contributed by atoms with Crippen molar-refractivity contribution in [3.63, 3.8) is 0 Å². The van der Waals surface area contributed by atoms with Crippen molar-refractivity contribution in [2.45, 2.75) is 40.2 Å². The summed E-state index contributed by atoms with van der Waals surface area (Å²) in [5, 5.41) is 2.97. The molecule has 0 aliphatic heterocycles. The van der Waals surface area contributed by atoms with Crippen molar-refractivity contribution in [1.29, 1.82) is 0 Å². The van der Waals surface area contributed by atoms with Gasteiger partial charge in [-0.3, -0.25) is 4.79 Å². The lowest BCUT2D eigenvalue weighted by molar-refractivity contribution is -0.122. The Morgan fingerprint density at radius 3 is 2.21 bits per heavy atom. The predicted molar refractivity (Wildman–Crippen MR) is 111 cm³/mol. The van der Waals surface area contributed by atoms with Gasteiger partial charge in [-0.25, -0.2) is 9.59 Å². The van der Waals surface area contributed by atoms with E-state index >= 15 is 0 Å². The number of hydrogen-bond acceptors (Lipinski definition) is 7. The number of carbonyl (C=O) groups is 3. The van der Waals surface area contributed by atoms with E-state index in [2.05, 4.69) is 5.32 Å². The molecule has 1 heterocycles. The van der Waals surface area contributed by atoms with Crippen molar-refractivity contribution in [3.05, 3.63) is 46.3 Å². The maximum Gasteiger partial charge on any atom is 0.348 e. The molecule has 7 nitrogen and oxygen atoms in total. The third-order valence-electron chi connectivity index (χ3n) is 4.01. The summed E-state index contributed by atoms with van der Waals surface area (Å²) >= 11 is 0.988. The highest BCUT2D eigenvalue weighted by Gasteiger charge is 2.29. The van der Waals surface area contributed by atoms with Gasteiger partial charge in [-0.1, -0.05) is 25.1 Å². The van der Waals surface area contributed by atoms with Gasteiger partial charge in [-0.2, -0.15) is 0 Å². The van der Waals surface area contributed by atoms with Crippen LogP contribution < -0.4 is 10.1 Å². The quantitative estimate of drug-likeness (QED) is 0.613. The van der Waals surface area contributed by atoms with E-state index in [1.807, 2.05) is 25.1 Å². The molecule has 29 heavy (non-hydrogen) atoms. The Balaban J connectivity index is 2.31. The van der Waals surface area contributed by atoms with E-state index < -0.39 is 23.9 Å². The fourth-order valence-electron chi connectivity index (χ4n) is 2.62. The Morgan fingerprint density at radius 1 is 1.00 bits per heavy atom. The number of carbonyl (C=O) groups excluding carboxylic acids is 3. The van der Waals surface area contributed by atoms with Crippen LogP contribution in [0.5, 0.6) is 5.75 Å². The molecule has 2 rings (SSSR count). The number of rotatable bonds is 9. The number of amides is 1. The van der Waals surface area contributed by atoms with Gasteiger partial charge in [-0.05, 0) is 44.9 Å². The van der Waals surface area contributed by atoms with Gasteiger partial charge in [0, 0.05) is 0 Å². The SMILES string of the molecule is CCOC(=O)c1sc(NC(=O)[C@H](CC)Oc2ccccc2)c(C(=O)OCC)c1C. The highest BCUT2D eigenvalue weighted by atomic mass is 32.1. The normalized spacial score (nSPS) is 11.4. The molecule has 156 valence electrons. The first-order chi connectivity index (χ1) is 13.9. The lowest BCUT2D eigenvalue weighted by atomic mass is 10.1. The van der Waals surface area contributed by atoms with Crippen molar-refractivity contribution < 1.29 is 28.6 Å². The molecule has 1 amide bonds. The first-order valence-electron chi connectivity index (χ1n) is 9.42. The molecule has 1 N–H and O–H groups in total. The van der Waals surface area contributed by atoms with Crippen LogP contribution in [-0.2, 0) is 14.3 Å². The lowest BCUT2D eigenvalue weighted by Crippen LogP contribution is -2.32. The van der Waals surface area contributed by atoms with Gasteiger partial charge in [0.05, 0.1) is 18.8 Å². The van der Waals surface area contributed by atoms with Crippen LogP contribution in [-0.4, -0.2) is 37.2 Å². The van der Waals surface area contributed by atoms with Gasteiger partial charge in [-0.15, -0.1) is 11.3 Å². The fourth-order valence-corrected chi connectivity index (χ4v) is 3.71. The van der Waals surface area contributed by atoms with E-state index in [-0.39, 0.29) is 28.7 Å². The second-order valence-electron chi connectivity index (χ2n) is 6.02. The summed E-state index contributed by atoms with van der Waals surface area (Å²) in [6.45, 7) is 7.21. The van der Waals surface area contributed by atoms with Crippen LogP contribution in [0.25, 0.3) is 0 Å². The van der Waals surface area contributed by atoms with E-state index in [9.17, 15) is 14.4 Å². The molecule has 0 aliphatic rings. The minimum atomic E-state index is -0.763.